The summed E-state index contributed by atoms with van der Waals surface area (Å²) in [6.07, 6.45) is 8.27. The van der Waals surface area contributed by atoms with Gasteiger partial charge in [0.15, 0.2) is 0 Å². The fraction of sp³-hybridized carbons (Fsp3) is 0.556. The van der Waals surface area contributed by atoms with E-state index < -0.39 is 0 Å². The zero-order valence-corrected chi connectivity index (χ0v) is 13.5. The van der Waals surface area contributed by atoms with Crippen LogP contribution in [0.4, 0.5) is 0 Å². The molecule has 0 spiro atoms. The lowest BCUT2D eigenvalue weighted by Crippen LogP contribution is -2.41. The summed E-state index contributed by atoms with van der Waals surface area (Å²) >= 11 is 0. The van der Waals surface area contributed by atoms with Crippen molar-refractivity contribution in [1.82, 2.24) is 15.5 Å². The number of hydrogen-bond donors (Lipinski definition) is 2. The Morgan fingerprint density at radius 3 is 3.00 bits per heavy atom. The van der Waals surface area contributed by atoms with Crippen molar-refractivity contribution in [2.45, 2.75) is 57.6 Å². The van der Waals surface area contributed by atoms with Crippen LogP contribution in [0.3, 0.4) is 0 Å². The van der Waals surface area contributed by atoms with Crippen LogP contribution in [0.1, 0.15) is 44.1 Å². The Kier molecular flexibility index (Phi) is 3.71. The summed E-state index contributed by atoms with van der Waals surface area (Å²) in [6.45, 7) is 2.07. The number of carbonyl (C=O) groups excluding carboxylic acids is 1. The number of aromatic nitrogens is 2. The van der Waals surface area contributed by atoms with Crippen molar-refractivity contribution in [2.75, 3.05) is 0 Å². The molecule has 1 amide bonds. The first kappa shape index (κ1) is 14.5. The second-order valence-corrected chi connectivity index (χ2v) is 6.91. The van der Waals surface area contributed by atoms with Gasteiger partial charge in [-0.1, -0.05) is 0 Å². The largest absolute Gasteiger partial charge is 0.490 e. The third-order valence-electron chi connectivity index (χ3n) is 5.06. The molecule has 2 N–H and O–H groups in total. The highest BCUT2D eigenvalue weighted by atomic mass is 16.5. The molecule has 5 heteroatoms. The Bertz CT molecular complexity index is 720. The van der Waals surface area contributed by atoms with Crippen LogP contribution < -0.4 is 10.1 Å². The van der Waals surface area contributed by atoms with E-state index in [1.54, 1.807) is 0 Å². The number of fused-ring (bicyclic) bond motifs is 1. The molecule has 2 fully saturated rings. The number of carbonyl (C=O) groups is 1. The molecule has 23 heavy (non-hydrogen) atoms. The summed E-state index contributed by atoms with van der Waals surface area (Å²) < 4.78 is 6.26. The van der Waals surface area contributed by atoms with Gasteiger partial charge in [0.2, 0.25) is 5.91 Å². The summed E-state index contributed by atoms with van der Waals surface area (Å²) in [5.74, 6) is 1.45. The Balaban J connectivity index is 1.42. The molecule has 2 unspecified atom stereocenters. The predicted octanol–water partition coefficient (Wildman–Crippen LogP) is 3.09. The smallest absolute Gasteiger partial charge is 0.223 e. The molecule has 2 aliphatic carbocycles. The van der Waals surface area contributed by atoms with Gasteiger partial charge < -0.3 is 10.1 Å². The van der Waals surface area contributed by atoms with Crippen molar-refractivity contribution in [3.63, 3.8) is 0 Å². The van der Waals surface area contributed by atoms with Gasteiger partial charge in [-0.25, -0.2) is 0 Å². The molecule has 5 nitrogen and oxygen atoms in total. The topological polar surface area (TPSA) is 67.0 Å². The number of aryl methyl sites for hydroxylation is 1. The number of hydrogen-bond acceptors (Lipinski definition) is 3. The third kappa shape index (κ3) is 3.05. The Labute approximate surface area is 135 Å². The monoisotopic (exact) mass is 313 g/mol. The normalized spacial score (nSPS) is 24.6. The highest BCUT2D eigenvalue weighted by molar-refractivity contribution is 5.83. The number of amides is 1. The van der Waals surface area contributed by atoms with E-state index in [-0.39, 0.29) is 24.0 Å². The van der Waals surface area contributed by atoms with E-state index in [1.165, 1.54) is 0 Å². The quantitative estimate of drug-likeness (QED) is 0.911. The lowest BCUT2D eigenvalue weighted by Gasteiger charge is -2.30. The minimum Gasteiger partial charge on any atom is -0.490 e. The van der Waals surface area contributed by atoms with Gasteiger partial charge in [0, 0.05) is 29.3 Å². The molecular formula is C18H23N3O2. The fourth-order valence-corrected chi connectivity index (χ4v) is 3.49. The van der Waals surface area contributed by atoms with Crippen molar-refractivity contribution >= 4 is 16.8 Å². The molecule has 1 aromatic carbocycles. The highest BCUT2D eigenvalue weighted by Crippen LogP contribution is 2.32. The molecule has 0 bridgehead atoms. The van der Waals surface area contributed by atoms with Crippen LogP contribution in [0.15, 0.2) is 18.3 Å². The standard InChI is InChI=1S/C18H23N3O2/c1-11-15-10-19-21-16(15)7-8-17(11)23-14-4-2-3-13(9-14)20-18(22)12-5-6-12/h7-8,10,12-14H,2-6,9H2,1H3,(H,19,21)(H,20,22). The van der Waals surface area contributed by atoms with E-state index in [4.69, 9.17) is 4.74 Å². The van der Waals surface area contributed by atoms with Crippen molar-refractivity contribution in [3.05, 3.63) is 23.9 Å². The average molecular weight is 313 g/mol. The molecule has 1 aromatic heterocycles. The molecule has 0 saturated heterocycles. The van der Waals surface area contributed by atoms with Gasteiger partial charge in [0.05, 0.1) is 11.7 Å². The number of nitrogens with zero attached hydrogens (tertiary/aromatic N) is 1. The molecule has 2 saturated carbocycles. The predicted molar refractivity (Wildman–Crippen MR) is 88.4 cm³/mol. The number of H-pyrrole nitrogens is 1. The van der Waals surface area contributed by atoms with Crippen LogP contribution >= 0.6 is 0 Å². The van der Waals surface area contributed by atoms with Crippen LogP contribution in [-0.4, -0.2) is 28.3 Å². The van der Waals surface area contributed by atoms with E-state index in [1.807, 2.05) is 18.3 Å². The molecule has 2 aromatic rings. The van der Waals surface area contributed by atoms with E-state index in [0.29, 0.717) is 0 Å². The molecule has 122 valence electrons. The highest BCUT2D eigenvalue weighted by Gasteiger charge is 2.32. The van der Waals surface area contributed by atoms with Gasteiger partial charge >= 0.3 is 0 Å². The Morgan fingerprint density at radius 2 is 2.17 bits per heavy atom. The van der Waals surface area contributed by atoms with Crippen LogP contribution in [0, 0.1) is 12.8 Å². The summed E-state index contributed by atoms with van der Waals surface area (Å²) in [7, 11) is 0. The third-order valence-corrected chi connectivity index (χ3v) is 5.06. The van der Waals surface area contributed by atoms with Gasteiger partial charge in [0.25, 0.3) is 0 Å². The Morgan fingerprint density at radius 1 is 1.30 bits per heavy atom. The van der Waals surface area contributed by atoms with Gasteiger partial charge in [-0.3, -0.25) is 9.89 Å². The average Bonchev–Trinajstić information content (AvgIpc) is 3.29. The Hall–Kier alpha value is -2.04. The first-order valence-electron chi connectivity index (χ1n) is 8.60. The summed E-state index contributed by atoms with van der Waals surface area (Å²) in [4.78, 5) is 11.9. The van der Waals surface area contributed by atoms with Gasteiger partial charge in [-0.15, -0.1) is 0 Å². The fourth-order valence-electron chi connectivity index (χ4n) is 3.49. The van der Waals surface area contributed by atoms with Crippen molar-refractivity contribution < 1.29 is 9.53 Å². The molecular weight excluding hydrogens is 290 g/mol. The molecule has 0 radical (unpaired) electrons. The molecule has 2 aliphatic rings. The number of nitrogens with one attached hydrogen (secondary N) is 2. The minimum absolute atomic E-state index is 0.177. The van der Waals surface area contributed by atoms with Crippen molar-refractivity contribution in [1.29, 1.82) is 0 Å². The zero-order chi connectivity index (χ0) is 15.8. The van der Waals surface area contributed by atoms with Gasteiger partial charge in [-0.2, -0.15) is 5.10 Å². The summed E-state index contributed by atoms with van der Waals surface area (Å²) in [5, 5.41) is 11.4. The van der Waals surface area contributed by atoms with Crippen molar-refractivity contribution in [2.24, 2.45) is 5.92 Å². The minimum atomic E-state index is 0.177. The SMILES string of the molecule is Cc1c(OC2CCCC(NC(=O)C3CC3)C2)ccc2[nH]ncc12. The number of aromatic amines is 1. The van der Waals surface area contributed by atoms with E-state index in [0.717, 1.165) is 60.7 Å². The second-order valence-electron chi connectivity index (χ2n) is 6.91. The summed E-state index contributed by atoms with van der Waals surface area (Å²) in [5.41, 5.74) is 2.16. The van der Waals surface area contributed by atoms with E-state index in [2.05, 4.69) is 22.4 Å². The first-order valence-corrected chi connectivity index (χ1v) is 8.60. The maximum atomic E-state index is 11.9. The molecule has 4 rings (SSSR count). The maximum Gasteiger partial charge on any atom is 0.223 e. The van der Waals surface area contributed by atoms with Crippen molar-refractivity contribution in [3.8, 4) is 5.75 Å². The van der Waals surface area contributed by atoms with Crippen LogP contribution in [0.2, 0.25) is 0 Å². The van der Waals surface area contributed by atoms with Gasteiger partial charge in [0.1, 0.15) is 11.9 Å². The van der Waals surface area contributed by atoms with E-state index in [9.17, 15) is 4.79 Å². The number of benzene rings is 1. The number of ether oxygens (including phenoxy) is 1. The molecule has 0 aliphatic heterocycles. The number of rotatable bonds is 4. The molecule has 2 atom stereocenters. The first-order chi connectivity index (χ1) is 11.2. The summed E-state index contributed by atoms with van der Waals surface area (Å²) in [6, 6.07) is 4.29. The second kappa shape index (κ2) is 5.87. The van der Waals surface area contributed by atoms with E-state index >= 15 is 0 Å². The molecule has 1 heterocycles. The van der Waals surface area contributed by atoms with Crippen LogP contribution in [-0.2, 0) is 4.79 Å². The van der Waals surface area contributed by atoms with Gasteiger partial charge in [-0.05, 0) is 51.2 Å². The maximum absolute atomic E-state index is 11.9. The lowest BCUT2D eigenvalue weighted by molar-refractivity contribution is -0.123. The zero-order valence-electron chi connectivity index (χ0n) is 13.5. The van der Waals surface area contributed by atoms with Crippen LogP contribution in [0.25, 0.3) is 10.9 Å². The van der Waals surface area contributed by atoms with Crippen LogP contribution in [0.5, 0.6) is 5.75 Å². The lowest BCUT2D eigenvalue weighted by atomic mass is 9.92.